The van der Waals surface area contributed by atoms with Crippen LogP contribution in [-0.4, -0.2) is 25.7 Å². The van der Waals surface area contributed by atoms with Gasteiger partial charge in [0.1, 0.15) is 0 Å². The fourth-order valence-corrected chi connectivity index (χ4v) is 1.29. The maximum atomic E-state index is 11.0. The number of nitrogens with zero attached hydrogens (tertiary/aromatic N) is 2. The van der Waals surface area contributed by atoms with E-state index in [1.807, 2.05) is 0 Å². The first-order valence-electron chi connectivity index (χ1n) is 3.90. The van der Waals surface area contributed by atoms with Crippen LogP contribution >= 0.6 is 0 Å². The van der Waals surface area contributed by atoms with Gasteiger partial charge in [0.05, 0.1) is 11.3 Å². The fraction of sp³-hybridized carbons (Fsp3) is 0.125. The molecule has 0 saturated carbocycles. The SMILES string of the molecule is Cc1c(C(=O)O)cnc2cc(=O)[nH]n12. The van der Waals surface area contributed by atoms with Crippen molar-refractivity contribution in [2.45, 2.75) is 6.92 Å². The van der Waals surface area contributed by atoms with Crippen molar-refractivity contribution in [1.82, 2.24) is 14.6 Å². The molecule has 6 heteroatoms. The Bertz CT molecular complexity index is 567. The van der Waals surface area contributed by atoms with Crippen LogP contribution in [0.15, 0.2) is 17.1 Å². The van der Waals surface area contributed by atoms with Gasteiger partial charge in [-0.1, -0.05) is 0 Å². The van der Waals surface area contributed by atoms with Crippen LogP contribution in [0.5, 0.6) is 0 Å². The van der Waals surface area contributed by atoms with Crippen LogP contribution in [0.1, 0.15) is 16.1 Å². The Morgan fingerprint density at radius 3 is 3.00 bits per heavy atom. The Balaban J connectivity index is 2.87. The van der Waals surface area contributed by atoms with E-state index in [0.29, 0.717) is 11.3 Å². The minimum Gasteiger partial charge on any atom is -0.478 e. The van der Waals surface area contributed by atoms with Crippen molar-refractivity contribution in [3.8, 4) is 0 Å². The Labute approximate surface area is 77.8 Å². The number of aryl methyl sites for hydroxylation is 1. The molecule has 2 aromatic heterocycles. The second kappa shape index (κ2) is 2.69. The molecule has 72 valence electrons. The van der Waals surface area contributed by atoms with Gasteiger partial charge in [-0.25, -0.2) is 14.3 Å². The smallest absolute Gasteiger partial charge is 0.339 e. The van der Waals surface area contributed by atoms with E-state index < -0.39 is 5.97 Å². The third-order valence-corrected chi connectivity index (χ3v) is 1.99. The maximum absolute atomic E-state index is 11.0. The number of aromatic amines is 1. The number of carbonyl (C=O) groups is 1. The summed E-state index contributed by atoms with van der Waals surface area (Å²) in [6, 6.07) is 1.30. The normalized spacial score (nSPS) is 10.6. The van der Waals surface area contributed by atoms with E-state index in [1.54, 1.807) is 6.92 Å². The van der Waals surface area contributed by atoms with Gasteiger partial charge in [-0.05, 0) is 6.92 Å². The number of carboxylic acids is 1. The van der Waals surface area contributed by atoms with Crippen molar-refractivity contribution in [2.24, 2.45) is 0 Å². The highest BCUT2D eigenvalue weighted by atomic mass is 16.4. The Kier molecular flexibility index (Phi) is 1.63. The van der Waals surface area contributed by atoms with E-state index in [-0.39, 0.29) is 11.1 Å². The lowest BCUT2D eigenvalue weighted by Crippen LogP contribution is -2.08. The van der Waals surface area contributed by atoms with Crippen LogP contribution in [-0.2, 0) is 0 Å². The third kappa shape index (κ3) is 1.08. The second-order valence-electron chi connectivity index (χ2n) is 2.88. The Hall–Kier alpha value is -2.11. The monoisotopic (exact) mass is 193 g/mol. The Morgan fingerprint density at radius 2 is 2.36 bits per heavy atom. The molecule has 0 amide bonds. The van der Waals surface area contributed by atoms with Crippen LogP contribution in [0.2, 0.25) is 0 Å². The van der Waals surface area contributed by atoms with Crippen LogP contribution in [0.25, 0.3) is 5.65 Å². The molecule has 2 aromatic rings. The van der Waals surface area contributed by atoms with Gasteiger partial charge in [0, 0.05) is 12.3 Å². The summed E-state index contributed by atoms with van der Waals surface area (Å²) in [6.07, 6.45) is 1.24. The summed E-state index contributed by atoms with van der Waals surface area (Å²) < 4.78 is 1.35. The summed E-state index contributed by atoms with van der Waals surface area (Å²) in [5.74, 6) is -1.06. The quantitative estimate of drug-likeness (QED) is 0.668. The number of fused-ring (bicyclic) bond motifs is 1. The summed E-state index contributed by atoms with van der Waals surface area (Å²) in [4.78, 5) is 25.5. The molecular weight excluding hydrogens is 186 g/mol. The van der Waals surface area contributed by atoms with Crippen molar-refractivity contribution in [3.05, 3.63) is 33.9 Å². The molecule has 0 aliphatic heterocycles. The predicted molar refractivity (Wildman–Crippen MR) is 47.5 cm³/mol. The first-order chi connectivity index (χ1) is 6.59. The molecule has 0 unspecified atom stereocenters. The number of H-pyrrole nitrogens is 1. The second-order valence-corrected chi connectivity index (χ2v) is 2.88. The summed E-state index contributed by atoms with van der Waals surface area (Å²) in [5, 5.41) is 11.2. The molecule has 0 aromatic carbocycles. The molecular formula is C8H7N3O3. The first kappa shape index (κ1) is 8.49. The minimum atomic E-state index is -1.06. The molecule has 0 spiro atoms. The number of nitrogens with one attached hydrogen (secondary N) is 1. The topological polar surface area (TPSA) is 87.5 Å². The van der Waals surface area contributed by atoms with Gasteiger partial charge in [-0.2, -0.15) is 0 Å². The highest BCUT2D eigenvalue weighted by molar-refractivity contribution is 5.88. The van der Waals surface area contributed by atoms with Gasteiger partial charge in [0.25, 0.3) is 5.56 Å². The zero-order valence-electron chi connectivity index (χ0n) is 7.31. The lowest BCUT2D eigenvalue weighted by molar-refractivity contribution is 0.0695. The average Bonchev–Trinajstić information content (AvgIpc) is 2.46. The standard InChI is InChI=1S/C8H7N3O3/c1-4-5(8(13)14)3-9-6-2-7(12)10-11(4)6/h2-3H,1H3,(H,10,12)(H,13,14). The van der Waals surface area contributed by atoms with Crippen molar-refractivity contribution >= 4 is 11.6 Å². The van der Waals surface area contributed by atoms with Crippen molar-refractivity contribution in [3.63, 3.8) is 0 Å². The van der Waals surface area contributed by atoms with Gasteiger partial charge in [-0.3, -0.25) is 9.89 Å². The number of hydrogen-bond donors (Lipinski definition) is 2. The number of carboxylic acid groups (broad SMARTS) is 1. The molecule has 0 aliphatic rings. The van der Waals surface area contributed by atoms with Crippen molar-refractivity contribution < 1.29 is 9.90 Å². The maximum Gasteiger partial charge on any atom is 0.339 e. The first-order valence-corrected chi connectivity index (χ1v) is 3.90. The molecule has 14 heavy (non-hydrogen) atoms. The van der Waals surface area contributed by atoms with E-state index >= 15 is 0 Å². The molecule has 0 fully saturated rings. The summed E-state index contributed by atoms with van der Waals surface area (Å²) >= 11 is 0. The van der Waals surface area contributed by atoms with E-state index in [9.17, 15) is 9.59 Å². The van der Waals surface area contributed by atoms with Gasteiger partial charge < -0.3 is 5.11 Å². The minimum absolute atomic E-state index is 0.0735. The van der Waals surface area contributed by atoms with Crippen LogP contribution in [0.4, 0.5) is 0 Å². The lowest BCUT2D eigenvalue weighted by Gasteiger charge is -2.02. The molecule has 0 bridgehead atoms. The fourth-order valence-electron chi connectivity index (χ4n) is 1.29. The van der Waals surface area contributed by atoms with Crippen LogP contribution in [0, 0.1) is 6.92 Å². The van der Waals surface area contributed by atoms with E-state index in [4.69, 9.17) is 5.11 Å². The molecule has 2 heterocycles. The van der Waals surface area contributed by atoms with E-state index in [0.717, 1.165) is 0 Å². The van der Waals surface area contributed by atoms with Gasteiger partial charge in [-0.15, -0.1) is 0 Å². The molecule has 0 atom stereocenters. The van der Waals surface area contributed by atoms with E-state index in [1.165, 1.54) is 16.8 Å². The predicted octanol–water partition coefficient (Wildman–Crippen LogP) is 0.0292. The number of aromatic carboxylic acids is 1. The van der Waals surface area contributed by atoms with Crippen LogP contribution < -0.4 is 5.56 Å². The molecule has 0 radical (unpaired) electrons. The number of rotatable bonds is 1. The molecule has 0 aliphatic carbocycles. The highest BCUT2D eigenvalue weighted by Crippen LogP contribution is 2.06. The molecule has 2 rings (SSSR count). The largest absolute Gasteiger partial charge is 0.478 e. The Morgan fingerprint density at radius 1 is 1.64 bits per heavy atom. The van der Waals surface area contributed by atoms with Gasteiger partial charge in [0.2, 0.25) is 0 Å². The van der Waals surface area contributed by atoms with Crippen molar-refractivity contribution in [1.29, 1.82) is 0 Å². The number of hydrogen-bond acceptors (Lipinski definition) is 3. The van der Waals surface area contributed by atoms with E-state index in [2.05, 4.69) is 10.1 Å². The summed E-state index contributed by atoms with van der Waals surface area (Å²) in [6.45, 7) is 1.61. The molecule has 6 nitrogen and oxygen atoms in total. The summed E-state index contributed by atoms with van der Waals surface area (Å²) in [5.41, 5.74) is 0.634. The number of aromatic nitrogens is 3. The average molecular weight is 193 g/mol. The third-order valence-electron chi connectivity index (χ3n) is 1.99. The van der Waals surface area contributed by atoms with Gasteiger partial charge in [0.15, 0.2) is 5.65 Å². The zero-order valence-corrected chi connectivity index (χ0v) is 7.31. The van der Waals surface area contributed by atoms with Gasteiger partial charge >= 0.3 is 5.97 Å². The lowest BCUT2D eigenvalue weighted by atomic mass is 10.2. The molecule has 0 saturated heterocycles. The zero-order chi connectivity index (χ0) is 10.3. The highest BCUT2D eigenvalue weighted by Gasteiger charge is 2.11. The van der Waals surface area contributed by atoms with Crippen molar-refractivity contribution in [2.75, 3.05) is 0 Å². The van der Waals surface area contributed by atoms with Crippen LogP contribution in [0.3, 0.4) is 0 Å². The molecule has 2 N–H and O–H groups in total. The summed E-state index contributed by atoms with van der Waals surface area (Å²) in [7, 11) is 0.